The number of carbonyl (C=O) groups is 3. The number of nitrogens with one attached hydrogen (secondary N) is 1. The summed E-state index contributed by atoms with van der Waals surface area (Å²) in [6, 6.07) is 5.46. The first-order chi connectivity index (χ1) is 17.1. The summed E-state index contributed by atoms with van der Waals surface area (Å²) in [6.45, 7) is 2.39. The fourth-order valence-corrected chi connectivity index (χ4v) is 4.04. The van der Waals surface area contributed by atoms with E-state index >= 15 is 8.78 Å². The zero-order valence-electron chi connectivity index (χ0n) is 19.2. The SMILES string of the molecule is Cc1ccn2c(C[C@H]3CN(C(=O)O)CCO3)c(-c3c(F)cc(NC(=O)/C=C/C(N)=O)cc3F)nc2c1. The third kappa shape index (κ3) is 5.33. The van der Waals surface area contributed by atoms with Gasteiger partial charge in [0, 0.05) is 37.0 Å². The summed E-state index contributed by atoms with van der Waals surface area (Å²) >= 11 is 0. The largest absolute Gasteiger partial charge is 0.465 e. The van der Waals surface area contributed by atoms with E-state index in [2.05, 4.69) is 10.3 Å². The van der Waals surface area contributed by atoms with Gasteiger partial charge in [-0.25, -0.2) is 18.6 Å². The Morgan fingerprint density at radius 3 is 2.64 bits per heavy atom. The summed E-state index contributed by atoms with van der Waals surface area (Å²) in [5.74, 6) is -3.58. The third-order valence-electron chi connectivity index (χ3n) is 5.66. The zero-order valence-corrected chi connectivity index (χ0v) is 19.2. The molecule has 2 aromatic heterocycles. The van der Waals surface area contributed by atoms with Gasteiger partial charge in [-0.05, 0) is 36.8 Å². The summed E-state index contributed by atoms with van der Waals surface area (Å²) in [7, 11) is 0. The lowest BCUT2D eigenvalue weighted by Gasteiger charge is -2.31. The standard InChI is InChI=1S/C24H23F2N5O5/c1-13-4-5-31-18(11-15-12-30(24(34)35)6-7-36-15)23(29-20(31)8-13)22-16(25)9-14(10-17(22)26)28-21(33)3-2-19(27)32/h2-5,8-10,15H,6-7,11-12H2,1H3,(H2,27,32)(H,28,33)(H,34,35)/b3-2+/t15-/m0/s1. The number of nitrogens with two attached hydrogens (primary N) is 1. The lowest BCUT2D eigenvalue weighted by atomic mass is 10.0. The average Bonchev–Trinajstić information content (AvgIpc) is 3.14. The fraction of sp³-hybridized carbons (Fsp3) is 0.250. The van der Waals surface area contributed by atoms with Gasteiger partial charge in [-0.15, -0.1) is 0 Å². The fourth-order valence-electron chi connectivity index (χ4n) is 4.04. The Bertz CT molecular complexity index is 1360. The number of nitrogens with zero attached hydrogens (tertiary/aromatic N) is 3. The number of aryl methyl sites for hydroxylation is 1. The quantitative estimate of drug-likeness (QED) is 0.446. The number of anilines is 1. The molecule has 0 unspecified atom stereocenters. The van der Waals surface area contributed by atoms with Crippen LogP contribution >= 0.6 is 0 Å². The van der Waals surface area contributed by atoms with Gasteiger partial charge in [-0.2, -0.15) is 0 Å². The molecule has 4 rings (SSSR count). The van der Waals surface area contributed by atoms with Gasteiger partial charge in [-0.3, -0.25) is 9.59 Å². The Kier molecular flexibility index (Phi) is 6.97. The summed E-state index contributed by atoms with van der Waals surface area (Å²) < 4.78 is 37.9. The number of fused-ring (bicyclic) bond motifs is 1. The maximum absolute atomic E-state index is 15.2. The highest BCUT2D eigenvalue weighted by Gasteiger charge is 2.28. The van der Waals surface area contributed by atoms with Crippen LogP contribution < -0.4 is 11.1 Å². The van der Waals surface area contributed by atoms with Crippen LogP contribution in [0.2, 0.25) is 0 Å². The van der Waals surface area contributed by atoms with E-state index in [1.54, 1.807) is 16.7 Å². The van der Waals surface area contributed by atoms with Gasteiger partial charge in [0.05, 0.1) is 36.2 Å². The van der Waals surface area contributed by atoms with Crippen molar-refractivity contribution >= 4 is 29.2 Å². The minimum Gasteiger partial charge on any atom is -0.465 e. The van der Waals surface area contributed by atoms with Crippen molar-refractivity contribution in [3.05, 3.63) is 65.5 Å². The molecule has 0 radical (unpaired) electrons. The van der Waals surface area contributed by atoms with Gasteiger partial charge in [0.15, 0.2) is 0 Å². The number of imidazole rings is 1. The molecule has 1 saturated heterocycles. The molecule has 0 aliphatic carbocycles. The van der Waals surface area contributed by atoms with E-state index in [1.807, 2.05) is 13.0 Å². The predicted molar refractivity (Wildman–Crippen MR) is 125 cm³/mol. The summed E-state index contributed by atoms with van der Waals surface area (Å²) in [4.78, 5) is 39.8. The highest BCUT2D eigenvalue weighted by molar-refractivity contribution is 6.03. The van der Waals surface area contributed by atoms with Crippen LogP contribution in [0.4, 0.5) is 19.3 Å². The Labute approximate surface area is 204 Å². The summed E-state index contributed by atoms with van der Waals surface area (Å²) in [6.07, 6.45) is 1.93. The lowest BCUT2D eigenvalue weighted by Crippen LogP contribution is -2.45. The second kappa shape index (κ2) is 10.1. The molecule has 1 fully saturated rings. The monoisotopic (exact) mass is 499 g/mol. The number of carbonyl (C=O) groups excluding carboxylic acids is 2. The average molecular weight is 499 g/mol. The molecule has 1 atom stereocenters. The van der Waals surface area contributed by atoms with Crippen LogP contribution in [0.15, 0.2) is 42.6 Å². The van der Waals surface area contributed by atoms with Crippen molar-refractivity contribution in [3.63, 3.8) is 0 Å². The Morgan fingerprint density at radius 1 is 1.25 bits per heavy atom. The van der Waals surface area contributed by atoms with Gasteiger partial charge in [0.1, 0.15) is 17.3 Å². The second-order valence-corrected chi connectivity index (χ2v) is 8.30. The minimum absolute atomic E-state index is 0.0400. The zero-order chi connectivity index (χ0) is 26.0. The maximum atomic E-state index is 15.2. The van der Waals surface area contributed by atoms with Crippen LogP contribution in [0.3, 0.4) is 0 Å². The van der Waals surface area contributed by atoms with E-state index in [4.69, 9.17) is 10.5 Å². The van der Waals surface area contributed by atoms with Crippen molar-refractivity contribution in [2.45, 2.75) is 19.4 Å². The number of pyridine rings is 1. The van der Waals surface area contributed by atoms with Crippen LogP contribution in [0.5, 0.6) is 0 Å². The number of halogens is 2. The first kappa shape index (κ1) is 24.8. The van der Waals surface area contributed by atoms with Crippen molar-refractivity contribution in [2.75, 3.05) is 25.0 Å². The Hall–Kier alpha value is -4.32. The van der Waals surface area contributed by atoms with Gasteiger partial charge in [0.2, 0.25) is 11.8 Å². The topological polar surface area (TPSA) is 139 Å². The van der Waals surface area contributed by atoms with E-state index in [0.29, 0.717) is 11.3 Å². The molecule has 36 heavy (non-hydrogen) atoms. The maximum Gasteiger partial charge on any atom is 0.407 e. The lowest BCUT2D eigenvalue weighted by molar-refractivity contribution is -0.115. The van der Waals surface area contributed by atoms with Gasteiger partial charge in [-0.1, -0.05) is 0 Å². The van der Waals surface area contributed by atoms with E-state index in [1.165, 1.54) is 4.90 Å². The van der Waals surface area contributed by atoms with Crippen molar-refractivity contribution in [1.82, 2.24) is 14.3 Å². The van der Waals surface area contributed by atoms with E-state index in [0.717, 1.165) is 29.8 Å². The van der Waals surface area contributed by atoms with Gasteiger partial charge < -0.3 is 30.2 Å². The number of ether oxygens (including phenoxy) is 1. The molecule has 188 valence electrons. The predicted octanol–water partition coefficient (Wildman–Crippen LogP) is 2.49. The molecule has 1 aliphatic heterocycles. The number of aromatic nitrogens is 2. The molecular weight excluding hydrogens is 476 g/mol. The molecule has 12 heteroatoms. The van der Waals surface area contributed by atoms with Crippen LogP contribution in [0, 0.1) is 18.6 Å². The van der Waals surface area contributed by atoms with E-state index in [-0.39, 0.29) is 37.5 Å². The first-order valence-corrected chi connectivity index (χ1v) is 11.0. The van der Waals surface area contributed by atoms with Crippen LogP contribution in [-0.4, -0.2) is 63.1 Å². The molecular formula is C24H23F2N5O5. The molecule has 3 amide bonds. The molecule has 3 aromatic rings. The van der Waals surface area contributed by atoms with Crippen LogP contribution in [-0.2, 0) is 20.7 Å². The Morgan fingerprint density at radius 2 is 1.97 bits per heavy atom. The molecule has 0 bridgehead atoms. The van der Waals surface area contributed by atoms with Crippen LogP contribution in [0.25, 0.3) is 16.9 Å². The smallest absolute Gasteiger partial charge is 0.407 e. The summed E-state index contributed by atoms with van der Waals surface area (Å²) in [5, 5.41) is 11.6. The number of carboxylic acid groups (broad SMARTS) is 1. The normalized spacial score (nSPS) is 16.0. The molecule has 10 nitrogen and oxygen atoms in total. The molecule has 0 saturated carbocycles. The molecule has 4 N–H and O–H groups in total. The summed E-state index contributed by atoms with van der Waals surface area (Å²) in [5.41, 5.74) is 6.20. The number of benzene rings is 1. The van der Waals surface area contributed by atoms with Gasteiger partial charge in [0.25, 0.3) is 0 Å². The van der Waals surface area contributed by atoms with E-state index in [9.17, 15) is 19.5 Å². The number of primary amides is 1. The number of hydrogen-bond donors (Lipinski definition) is 3. The first-order valence-electron chi connectivity index (χ1n) is 11.0. The van der Waals surface area contributed by atoms with Crippen molar-refractivity contribution in [2.24, 2.45) is 5.73 Å². The molecule has 1 aliphatic rings. The third-order valence-corrected chi connectivity index (χ3v) is 5.66. The second-order valence-electron chi connectivity index (χ2n) is 8.30. The van der Waals surface area contributed by atoms with E-state index < -0.39 is 41.2 Å². The molecule has 1 aromatic carbocycles. The number of amides is 3. The number of hydrogen-bond acceptors (Lipinski definition) is 5. The Balaban J connectivity index is 1.72. The van der Waals surface area contributed by atoms with Crippen molar-refractivity contribution in [3.8, 4) is 11.3 Å². The molecule has 3 heterocycles. The van der Waals surface area contributed by atoms with Gasteiger partial charge >= 0.3 is 6.09 Å². The highest BCUT2D eigenvalue weighted by atomic mass is 19.1. The van der Waals surface area contributed by atoms with Crippen molar-refractivity contribution < 1.29 is 33.0 Å². The minimum atomic E-state index is -1.07. The highest BCUT2D eigenvalue weighted by Crippen LogP contribution is 2.33. The number of rotatable bonds is 6. The molecule has 0 spiro atoms. The van der Waals surface area contributed by atoms with Crippen molar-refractivity contribution in [1.29, 1.82) is 0 Å². The van der Waals surface area contributed by atoms with Crippen LogP contribution in [0.1, 0.15) is 11.3 Å². The number of morpholine rings is 1.